The molecule has 0 aliphatic rings. The average molecular weight is 420 g/mol. The van der Waals surface area contributed by atoms with Crippen LogP contribution >= 0.6 is 0 Å². The number of benzene rings is 1. The molecule has 0 radical (unpaired) electrons. The summed E-state index contributed by atoms with van der Waals surface area (Å²) in [6, 6.07) is 6.02. The Bertz CT molecular complexity index is 722. The van der Waals surface area contributed by atoms with Crippen molar-refractivity contribution in [3.8, 4) is 0 Å². The molecule has 30 heavy (non-hydrogen) atoms. The summed E-state index contributed by atoms with van der Waals surface area (Å²) in [5.74, 6) is -0.630. The zero-order valence-electron chi connectivity index (χ0n) is 18.1. The molecule has 1 aromatic rings. The van der Waals surface area contributed by atoms with Crippen LogP contribution < -0.4 is 27.2 Å². The summed E-state index contributed by atoms with van der Waals surface area (Å²) in [4.78, 5) is 36.3. The average Bonchev–Trinajstić information content (AvgIpc) is 2.70. The highest BCUT2D eigenvalue weighted by molar-refractivity contribution is 5.94. The van der Waals surface area contributed by atoms with Crippen molar-refractivity contribution in [1.82, 2.24) is 16.0 Å². The highest BCUT2D eigenvalue weighted by Gasteiger charge is 2.23. The van der Waals surface area contributed by atoms with Crippen molar-refractivity contribution in [3.05, 3.63) is 35.4 Å². The van der Waals surface area contributed by atoms with E-state index in [2.05, 4.69) is 21.1 Å². The van der Waals surface area contributed by atoms with Crippen LogP contribution in [0.4, 0.5) is 0 Å². The first-order chi connectivity index (χ1) is 14.3. The van der Waals surface area contributed by atoms with Gasteiger partial charge in [-0.3, -0.25) is 14.4 Å². The Morgan fingerprint density at radius 3 is 2.50 bits per heavy atom. The maximum Gasteiger partial charge on any atom is 0.251 e. The number of hydrogen-bond donors (Lipinski definition) is 5. The van der Waals surface area contributed by atoms with E-state index in [4.69, 9.17) is 11.3 Å². The maximum atomic E-state index is 12.4. The number of amides is 3. The minimum atomic E-state index is -0.729. The van der Waals surface area contributed by atoms with Gasteiger partial charge in [0.1, 0.15) is 12.6 Å². The van der Waals surface area contributed by atoms with E-state index in [1.165, 1.54) is 0 Å². The lowest BCUT2D eigenvalue weighted by molar-refractivity contribution is -0.223. The molecule has 3 amide bonds. The van der Waals surface area contributed by atoms with Gasteiger partial charge in [0.05, 0.1) is 6.04 Å². The van der Waals surface area contributed by atoms with Gasteiger partial charge in [0, 0.05) is 12.1 Å². The number of rotatable bonds is 14. The van der Waals surface area contributed by atoms with Crippen LogP contribution in [0.5, 0.6) is 0 Å². The van der Waals surface area contributed by atoms with Crippen LogP contribution in [-0.2, 0) is 16.1 Å². The van der Waals surface area contributed by atoms with Crippen LogP contribution in [0, 0.1) is 5.92 Å². The highest BCUT2D eigenvalue weighted by atomic mass is 16.2. The molecule has 166 valence electrons. The van der Waals surface area contributed by atoms with Gasteiger partial charge in [0.25, 0.3) is 5.91 Å². The van der Waals surface area contributed by atoms with E-state index in [0.717, 1.165) is 5.56 Å². The molecule has 0 aliphatic heterocycles. The van der Waals surface area contributed by atoms with Crippen molar-refractivity contribution in [3.63, 3.8) is 0 Å². The van der Waals surface area contributed by atoms with Crippen LogP contribution in [0.1, 0.15) is 55.5 Å². The van der Waals surface area contributed by atoms with E-state index in [1.807, 2.05) is 19.9 Å². The zero-order valence-corrected chi connectivity index (χ0v) is 18.1. The van der Waals surface area contributed by atoms with E-state index in [9.17, 15) is 14.4 Å². The topological polar surface area (TPSA) is 151 Å². The normalized spacial score (nSPS) is 12.8. The third-order valence-electron chi connectivity index (χ3n) is 4.70. The fraction of sp³-hybridized carbons (Fsp3) is 0.571. The van der Waals surface area contributed by atoms with E-state index in [-0.39, 0.29) is 17.9 Å². The monoisotopic (exact) mass is 419 g/mol. The van der Waals surface area contributed by atoms with Crippen molar-refractivity contribution >= 4 is 17.7 Å². The lowest BCUT2D eigenvalue weighted by Gasteiger charge is -2.21. The molecule has 1 aromatic carbocycles. The van der Waals surface area contributed by atoms with Gasteiger partial charge in [-0.05, 0) is 61.5 Å². The smallest absolute Gasteiger partial charge is 0.251 e. The molecule has 1 rings (SSSR count). The number of nitrogens with one attached hydrogen (secondary N) is 3. The second kappa shape index (κ2) is 13.4. The van der Waals surface area contributed by atoms with Gasteiger partial charge in [0.15, 0.2) is 0 Å². The van der Waals surface area contributed by atoms with Crippen LogP contribution in [0.15, 0.2) is 29.4 Å². The van der Waals surface area contributed by atoms with E-state index in [1.54, 1.807) is 25.2 Å². The molecule has 7 N–H and O–H groups in total. The highest BCUT2D eigenvalue weighted by Crippen LogP contribution is 2.08. The number of hydrogen-bond acceptors (Lipinski definition) is 5. The Hall–Kier alpha value is -2.81. The number of nitrogens with two attached hydrogens (primary N) is 2. The Morgan fingerprint density at radius 2 is 1.90 bits per heavy atom. The van der Waals surface area contributed by atoms with Gasteiger partial charge in [-0.1, -0.05) is 26.0 Å². The minimum Gasteiger partial charge on any atom is -0.368 e. The molecule has 0 fully saturated rings. The molecule has 9 heteroatoms. The second-order valence-electron chi connectivity index (χ2n) is 7.73. The summed E-state index contributed by atoms with van der Waals surface area (Å²) < 4.78 is 0. The van der Waals surface area contributed by atoms with Crippen molar-refractivity contribution in [2.24, 2.45) is 16.8 Å². The molecular weight excluding hydrogens is 384 g/mol. The summed E-state index contributed by atoms with van der Waals surface area (Å²) in [5, 5.41) is 12.1. The van der Waals surface area contributed by atoms with Crippen molar-refractivity contribution in [2.75, 3.05) is 13.6 Å². The predicted octanol–water partition coefficient (Wildman–Crippen LogP) is -0.0978. The SMILES string of the molecule is CN[C@@H](CC(C)C)C(=O)N[C@@H](CCCCNC(=O)c1cccc(CN=[NH2+])c1)C(N)=O. The lowest BCUT2D eigenvalue weighted by Crippen LogP contribution is -2.51. The molecule has 0 aromatic heterocycles. The number of nitrogens with zero attached hydrogens (tertiary/aromatic N) is 1. The van der Waals surface area contributed by atoms with E-state index < -0.39 is 11.9 Å². The summed E-state index contributed by atoms with van der Waals surface area (Å²) in [7, 11) is 1.72. The molecule has 0 heterocycles. The maximum absolute atomic E-state index is 12.4. The molecule has 0 spiro atoms. The third-order valence-corrected chi connectivity index (χ3v) is 4.70. The summed E-state index contributed by atoms with van der Waals surface area (Å²) in [6.07, 6.45) is 2.38. The number of primary amides is 1. The number of likely N-dealkylation sites (N-methyl/N-ethyl adjacent to an activating group) is 1. The Morgan fingerprint density at radius 1 is 1.17 bits per heavy atom. The number of carbonyl (C=O) groups is 3. The Balaban J connectivity index is 2.43. The molecule has 0 saturated carbocycles. The van der Waals surface area contributed by atoms with Gasteiger partial charge in [0.2, 0.25) is 11.8 Å². The van der Waals surface area contributed by atoms with Gasteiger partial charge in [-0.15, -0.1) is 0 Å². The van der Waals surface area contributed by atoms with Gasteiger partial charge in [-0.2, -0.15) is 5.53 Å². The summed E-state index contributed by atoms with van der Waals surface area (Å²) in [6.45, 7) is 4.87. The van der Waals surface area contributed by atoms with Crippen LogP contribution in [0.25, 0.3) is 0 Å². The first-order valence-corrected chi connectivity index (χ1v) is 10.3. The molecule has 0 unspecified atom stereocenters. The largest absolute Gasteiger partial charge is 0.368 e. The first-order valence-electron chi connectivity index (χ1n) is 10.3. The van der Waals surface area contributed by atoms with Gasteiger partial charge in [-0.25, -0.2) is 0 Å². The van der Waals surface area contributed by atoms with Crippen LogP contribution in [0.3, 0.4) is 0 Å². The Labute approximate surface area is 178 Å². The fourth-order valence-electron chi connectivity index (χ4n) is 3.08. The summed E-state index contributed by atoms with van der Waals surface area (Å²) in [5.41, 5.74) is 12.0. The standard InChI is InChI=1S/C21H34N6O3/c1-14(2)11-18(24-3)21(30)27-17(19(22)28)9-4-5-10-25-20(29)16-8-6-7-15(12-16)13-26-23/h6-8,12,14,17-18,23-24H,4-5,9-11,13H2,1-3H3,(H2,22,28)(H,25,29)(H,27,30)/p+1/t17-,18-/m0/s1. The van der Waals surface area contributed by atoms with Crippen LogP contribution in [-0.4, -0.2) is 43.4 Å². The van der Waals surface area contributed by atoms with Crippen molar-refractivity contribution in [2.45, 2.75) is 58.2 Å². The molecule has 0 saturated heterocycles. The quantitative estimate of drug-likeness (QED) is 0.211. The van der Waals surface area contributed by atoms with E-state index in [0.29, 0.717) is 50.3 Å². The molecular formula is C21H35N6O3+. The van der Waals surface area contributed by atoms with Gasteiger partial charge >= 0.3 is 0 Å². The molecule has 9 nitrogen and oxygen atoms in total. The first kappa shape index (κ1) is 25.2. The molecule has 2 atom stereocenters. The third kappa shape index (κ3) is 9.13. The second-order valence-corrected chi connectivity index (χ2v) is 7.73. The van der Waals surface area contributed by atoms with Crippen molar-refractivity contribution in [1.29, 1.82) is 0 Å². The summed E-state index contributed by atoms with van der Waals surface area (Å²) >= 11 is 0. The Kier molecular flexibility index (Phi) is 11.3. The van der Waals surface area contributed by atoms with Gasteiger partial charge < -0.3 is 21.7 Å². The number of carbonyl (C=O) groups excluding carboxylic acids is 3. The van der Waals surface area contributed by atoms with E-state index >= 15 is 0 Å². The number of unbranched alkanes of at least 4 members (excludes halogenated alkanes) is 1. The van der Waals surface area contributed by atoms with Crippen molar-refractivity contribution < 1.29 is 19.9 Å². The zero-order chi connectivity index (χ0) is 22.5. The predicted molar refractivity (Wildman–Crippen MR) is 114 cm³/mol. The van der Waals surface area contributed by atoms with Crippen LogP contribution in [0.2, 0.25) is 0 Å². The molecule has 0 aliphatic carbocycles. The minimum absolute atomic E-state index is 0.181. The fourth-order valence-corrected chi connectivity index (χ4v) is 3.08. The lowest BCUT2D eigenvalue weighted by atomic mass is 10.0. The molecule has 0 bridgehead atoms.